The van der Waals surface area contributed by atoms with Crippen LogP contribution in [0.5, 0.6) is 5.75 Å². The number of nitrogens with one attached hydrogen (secondary N) is 2. The van der Waals surface area contributed by atoms with E-state index >= 15 is 0 Å². The van der Waals surface area contributed by atoms with Crippen molar-refractivity contribution in [2.75, 3.05) is 19.8 Å². The molecule has 2 aromatic rings. The quantitative estimate of drug-likeness (QED) is 0.0650. The molecule has 1 unspecified atom stereocenters. The van der Waals surface area contributed by atoms with Crippen molar-refractivity contribution in [3.63, 3.8) is 0 Å². The van der Waals surface area contributed by atoms with E-state index < -0.39 is 74.6 Å². The Morgan fingerprint density at radius 2 is 1.33 bits per heavy atom. The highest BCUT2D eigenvalue weighted by Gasteiger charge is 2.48. The number of aromatic amines is 1. The highest BCUT2D eigenvalue weighted by Crippen LogP contribution is 2.30. The van der Waals surface area contributed by atoms with Crippen LogP contribution in [-0.2, 0) is 25.4 Å². The van der Waals surface area contributed by atoms with E-state index in [1.54, 1.807) is 18.2 Å². The Labute approximate surface area is 324 Å². The Morgan fingerprint density at radius 1 is 0.764 bits per heavy atom. The minimum absolute atomic E-state index is 0.0315. The molecule has 314 valence electrons. The van der Waals surface area contributed by atoms with Crippen LogP contribution in [0.15, 0.2) is 24.4 Å². The van der Waals surface area contributed by atoms with Crippen molar-refractivity contribution in [1.29, 1.82) is 0 Å². The summed E-state index contributed by atoms with van der Waals surface area (Å²) in [5, 5.41) is 84.6. The Kier molecular flexibility index (Phi) is 19.5. The summed E-state index contributed by atoms with van der Waals surface area (Å²) >= 11 is 0. The van der Waals surface area contributed by atoms with E-state index in [1.807, 2.05) is 13.1 Å². The maximum Gasteiger partial charge on any atom is 0.229 e. The molecule has 2 fully saturated rings. The van der Waals surface area contributed by atoms with Gasteiger partial charge in [-0.1, -0.05) is 77.0 Å². The van der Waals surface area contributed by atoms with Crippen molar-refractivity contribution in [3.8, 4) is 5.75 Å². The molecular formula is C40H66N2O13. The lowest BCUT2D eigenvalue weighted by atomic mass is 9.98. The molecule has 0 bridgehead atoms. The normalized spacial score (nSPS) is 29.0. The van der Waals surface area contributed by atoms with E-state index in [9.17, 15) is 45.6 Å². The number of hydrogen-bond acceptors (Lipinski definition) is 13. The van der Waals surface area contributed by atoms with Crippen LogP contribution in [0.25, 0.3) is 10.9 Å². The van der Waals surface area contributed by atoms with Crippen LogP contribution in [0.4, 0.5) is 0 Å². The summed E-state index contributed by atoms with van der Waals surface area (Å²) < 4.78 is 22.5. The molecule has 3 heterocycles. The molecule has 11 atom stereocenters. The first-order valence-electron chi connectivity index (χ1n) is 20.3. The zero-order valence-electron chi connectivity index (χ0n) is 32.2. The van der Waals surface area contributed by atoms with Crippen molar-refractivity contribution in [3.05, 3.63) is 30.0 Å². The second-order valence-corrected chi connectivity index (χ2v) is 15.3. The topological polar surface area (TPSA) is 244 Å². The highest BCUT2D eigenvalue weighted by molar-refractivity contribution is 5.84. The molecule has 15 nitrogen and oxygen atoms in total. The van der Waals surface area contributed by atoms with Crippen molar-refractivity contribution < 1.29 is 64.6 Å². The first kappa shape index (κ1) is 45.3. The van der Waals surface area contributed by atoms with Gasteiger partial charge < -0.3 is 70.1 Å². The molecule has 0 radical (unpaired) electrons. The smallest absolute Gasteiger partial charge is 0.229 e. The molecule has 15 heteroatoms. The standard InChI is InChI=1S/C40H66N2O13/c1-25(44)15-13-11-9-7-5-3-2-4-6-8-10-12-14-16-32(45)41-20-19-26-22-42-29-18-17-27(21-28(26)29)53-40-38(51)36(49)34(47)31(55-40)24-52-39-37(50)35(48)33(46)30(23-43)54-39/h17-18,21-22,25,30-31,33-40,42-44,46-51H,2-16,19-20,23-24H2,1H3,(H,41,45)/t25?,30-,31-,33-,34-,35-,36-,37+,38+,39+,40+/m1/s1. The molecule has 1 aromatic heterocycles. The van der Waals surface area contributed by atoms with Gasteiger partial charge in [-0.05, 0) is 49.9 Å². The lowest BCUT2D eigenvalue weighted by molar-refractivity contribution is -0.323. The molecule has 2 aliphatic heterocycles. The number of H-pyrrole nitrogens is 1. The van der Waals surface area contributed by atoms with Gasteiger partial charge in [-0.15, -0.1) is 0 Å². The Hall–Kier alpha value is -2.41. The molecular weight excluding hydrogens is 716 g/mol. The van der Waals surface area contributed by atoms with Crippen LogP contribution >= 0.6 is 0 Å². The van der Waals surface area contributed by atoms with Gasteiger partial charge in [0, 0.05) is 30.1 Å². The third-order valence-corrected chi connectivity index (χ3v) is 10.7. The summed E-state index contributed by atoms with van der Waals surface area (Å²) in [6, 6.07) is 5.19. The fourth-order valence-corrected chi connectivity index (χ4v) is 7.21. The van der Waals surface area contributed by atoms with Crippen LogP contribution in [0.2, 0.25) is 0 Å². The summed E-state index contributed by atoms with van der Waals surface area (Å²) in [4.78, 5) is 15.7. The van der Waals surface area contributed by atoms with Crippen LogP contribution in [0.1, 0.15) is 109 Å². The number of fused-ring (bicyclic) bond motifs is 1. The average molecular weight is 783 g/mol. The number of carbonyl (C=O) groups excluding carboxylic acids is 1. The Morgan fingerprint density at radius 3 is 1.95 bits per heavy atom. The van der Waals surface area contributed by atoms with Crippen molar-refractivity contribution in [2.45, 2.75) is 177 Å². The number of aromatic nitrogens is 1. The highest BCUT2D eigenvalue weighted by atomic mass is 16.7. The minimum Gasteiger partial charge on any atom is -0.462 e. The maximum atomic E-state index is 12.5. The van der Waals surface area contributed by atoms with E-state index in [0.717, 1.165) is 48.6 Å². The number of aliphatic hydroxyl groups excluding tert-OH is 8. The second-order valence-electron chi connectivity index (χ2n) is 15.3. The van der Waals surface area contributed by atoms with Gasteiger partial charge in [0.1, 0.15) is 54.6 Å². The van der Waals surface area contributed by atoms with E-state index in [0.29, 0.717) is 25.1 Å². The number of aliphatic hydroxyl groups is 8. The van der Waals surface area contributed by atoms with E-state index in [2.05, 4.69) is 10.3 Å². The first-order chi connectivity index (χ1) is 26.5. The van der Waals surface area contributed by atoms with Gasteiger partial charge >= 0.3 is 0 Å². The third-order valence-electron chi connectivity index (χ3n) is 10.7. The van der Waals surface area contributed by atoms with E-state index in [4.69, 9.17) is 18.9 Å². The predicted octanol–water partition coefficient (Wildman–Crippen LogP) is 2.06. The zero-order valence-corrected chi connectivity index (χ0v) is 32.2. The van der Waals surface area contributed by atoms with Gasteiger partial charge in [0.15, 0.2) is 6.29 Å². The van der Waals surface area contributed by atoms with Gasteiger partial charge in [-0.3, -0.25) is 4.79 Å². The number of amides is 1. The summed E-state index contributed by atoms with van der Waals surface area (Å²) in [5.74, 6) is 0.346. The van der Waals surface area contributed by atoms with Gasteiger partial charge in [-0.25, -0.2) is 0 Å². The molecule has 55 heavy (non-hydrogen) atoms. The molecule has 10 N–H and O–H groups in total. The second kappa shape index (κ2) is 23.7. The van der Waals surface area contributed by atoms with Gasteiger partial charge in [0.05, 0.1) is 19.3 Å². The van der Waals surface area contributed by atoms with Gasteiger partial charge in [-0.2, -0.15) is 0 Å². The SMILES string of the molecule is CC(O)CCCCCCCCCCCCCCCC(=O)NCCc1c[nH]c2ccc(O[C@H]3O[C@H](CO[C@H]4O[C@H](CO)[C@@H](O)[C@@H](O)[C@@H]4O)[C@@H](O)[C@@H](O)[C@@H]3O)cc12. The van der Waals surface area contributed by atoms with Crippen LogP contribution in [0.3, 0.4) is 0 Å². The van der Waals surface area contributed by atoms with Crippen molar-refractivity contribution >= 4 is 16.8 Å². The monoisotopic (exact) mass is 782 g/mol. The lowest BCUT2D eigenvalue weighted by Gasteiger charge is -2.42. The van der Waals surface area contributed by atoms with Crippen LogP contribution in [-0.4, -0.2) is 139 Å². The summed E-state index contributed by atoms with van der Waals surface area (Å²) in [6.45, 7) is 1.21. The van der Waals surface area contributed by atoms with Gasteiger partial charge in [0.2, 0.25) is 12.2 Å². The van der Waals surface area contributed by atoms with Crippen LogP contribution in [0, 0.1) is 0 Å². The molecule has 4 rings (SSSR count). The number of unbranched alkanes of at least 4 members (excludes halogenated alkanes) is 12. The molecule has 2 aliphatic rings. The summed E-state index contributed by atoms with van der Waals surface area (Å²) in [5.41, 5.74) is 1.78. The minimum atomic E-state index is -1.68. The summed E-state index contributed by atoms with van der Waals surface area (Å²) in [7, 11) is 0. The molecule has 1 aromatic carbocycles. The van der Waals surface area contributed by atoms with Crippen molar-refractivity contribution in [1.82, 2.24) is 10.3 Å². The number of ether oxygens (including phenoxy) is 4. The number of rotatable bonds is 25. The number of benzene rings is 1. The van der Waals surface area contributed by atoms with Crippen molar-refractivity contribution in [2.24, 2.45) is 0 Å². The fraction of sp³-hybridized carbons (Fsp3) is 0.775. The zero-order chi connectivity index (χ0) is 39.7. The molecule has 1 amide bonds. The molecule has 2 saturated heterocycles. The lowest BCUT2D eigenvalue weighted by Crippen LogP contribution is -2.62. The molecule has 0 aliphatic carbocycles. The van der Waals surface area contributed by atoms with E-state index in [1.165, 1.54) is 57.8 Å². The Bertz CT molecular complexity index is 1380. The first-order valence-corrected chi connectivity index (χ1v) is 20.3. The summed E-state index contributed by atoms with van der Waals surface area (Å²) in [6.07, 6.45) is 4.14. The number of hydrogen-bond donors (Lipinski definition) is 10. The molecule has 0 spiro atoms. The largest absolute Gasteiger partial charge is 0.462 e. The number of carbonyl (C=O) groups is 1. The predicted molar refractivity (Wildman–Crippen MR) is 203 cm³/mol. The fourth-order valence-electron chi connectivity index (χ4n) is 7.21. The van der Waals surface area contributed by atoms with Gasteiger partial charge in [0.25, 0.3) is 0 Å². The third kappa shape index (κ3) is 14.2. The molecule has 0 saturated carbocycles. The van der Waals surface area contributed by atoms with E-state index in [-0.39, 0.29) is 12.0 Å². The maximum absolute atomic E-state index is 12.5. The van der Waals surface area contributed by atoms with Crippen LogP contribution < -0.4 is 10.1 Å². The average Bonchev–Trinajstić information content (AvgIpc) is 3.57. The Balaban J connectivity index is 1.13.